The summed E-state index contributed by atoms with van der Waals surface area (Å²) in [6, 6.07) is 2.14. The zero-order valence-electron chi connectivity index (χ0n) is 17.4. The molecule has 1 aromatic heterocycles. The molecule has 2 atom stereocenters. The van der Waals surface area contributed by atoms with E-state index in [0.717, 1.165) is 34.2 Å². The second-order valence-electron chi connectivity index (χ2n) is 8.26. The SMILES string of the molecule is Cc1cc(C)c2c(CC(=O)N3CC(CO)C(CN(C)CCO)C3)coc2c1C. The van der Waals surface area contributed by atoms with E-state index in [1.807, 2.05) is 18.9 Å². The van der Waals surface area contributed by atoms with Crippen molar-refractivity contribution in [3.8, 4) is 0 Å². The largest absolute Gasteiger partial charge is 0.464 e. The Labute approximate surface area is 166 Å². The zero-order chi connectivity index (χ0) is 20.4. The molecule has 1 aliphatic rings. The molecule has 0 saturated carbocycles. The van der Waals surface area contributed by atoms with Crippen LogP contribution < -0.4 is 0 Å². The van der Waals surface area contributed by atoms with Crippen molar-refractivity contribution in [1.82, 2.24) is 9.80 Å². The van der Waals surface area contributed by atoms with E-state index >= 15 is 0 Å². The van der Waals surface area contributed by atoms with E-state index in [1.165, 1.54) is 5.56 Å². The number of rotatable bonds is 7. The van der Waals surface area contributed by atoms with E-state index in [9.17, 15) is 9.90 Å². The lowest BCUT2D eigenvalue weighted by Crippen LogP contribution is -2.34. The van der Waals surface area contributed by atoms with Crippen molar-refractivity contribution in [2.75, 3.05) is 46.4 Å². The minimum Gasteiger partial charge on any atom is -0.464 e. The molecule has 6 nitrogen and oxygen atoms in total. The third kappa shape index (κ3) is 4.09. The van der Waals surface area contributed by atoms with E-state index in [2.05, 4.69) is 24.8 Å². The second kappa shape index (κ2) is 8.64. The third-order valence-electron chi connectivity index (χ3n) is 6.16. The predicted molar refractivity (Wildman–Crippen MR) is 109 cm³/mol. The fraction of sp³-hybridized carbons (Fsp3) is 0.591. The van der Waals surface area contributed by atoms with E-state index < -0.39 is 0 Å². The van der Waals surface area contributed by atoms with Crippen molar-refractivity contribution in [1.29, 1.82) is 0 Å². The summed E-state index contributed by atoms with van der Waals surface area (Å²) in [7, 11) is 1.96. The first-order valence-electron chi connectivity index (χ1n) is 10.0. The molecule has 154 valence electrons. The first-order chi connectivity index (χ1) is 13.3. The normalized spacial score (nSPS) is 19.9. The molecule has 28 heavy (non-hydrogen) atoms. The Balaban J connectivity index is 1.73. The third-order valence-corrected chi connectivity index (χ3v) is 6.16. The van der Waals surface area contributed by atoms with E-state index in [0.29, 0.717) is 26.1 Å². The monoisotopic (exact) mass is 388 g/mol. The van der Waals surface area contributed by atoms with Crippen LogP contribution in [0.3, 0.4) is 0 Å². The number of aliphatic hydroxyl groups is 2. The number of fused-ring (bicyclic) bond motifs is 1. The number of furan rings is 1. The number of amides is 1. The van der Waals surface area contributed by atoms with E-state index in [-0.39, 0.29) is 31.0 Å². The molecule has 2 N–H and O–H groups in total. The number of nitrogens with zero attached hydrogens (tertiary/aromatic N) is 2. The Morgan fingerprint density at radius 3 is 2.61 bits per heavy atom. The molecule has 0 spiro atoms. The van der Waals surface area contributed by atoms with Gasteiger partial charge in [-0.3, -0.25) is 4.79 Å². The maximum Gasteiger partial charge on any atom is 0.227 e. The molecular weight excluding hydrogens is 356 g/mol. The second-order valence-corrected chi connectivity index (χ2v) is 8.26. The molecule has 0 radical (unpaired) electrons. The van der Waals surface area contributed by atoms with Crippen molar-refractivity contribution in [3.63, 3.8) is 0 Å². The number of likely N-dealkylation sites (tertiary alicyclic amines) is 1. The number of aryl methyl sites for hydroxylation is 3. The molecule has 2 heterocycles. The molecule has 6 heteroatoms. The van der Waals surface area contributed by atoms with E-state index in [1.54, 1.807) is 6.26 Å². The van der Waals surface area contributed by atoms with Crippen molar-refractivity contribution in [2.24, 2.45) is 11.8 Å². The van der Waals surface area contributed by atoms with Crippen LogP contribution >= 0.6 is 0 Å². The van der Waals surface area contributed by atoms with Gasteiger partial charge in [0.25, 0.3) is 0 Å². The first-order valence-corrected chi connectivity index (χ1v) is 10.0. The lowest BCUT2D eigenvalue weighted by molar-refractivity contribution is -0.129. The van der Waals surface area contributed by atoms with Gasteiger partial charge in [0.1, 0.15) is 5.58 Å². The Hall–Kier alpha value is -1.89. The molecule has 1 aromatic carbocycles. The summed E-state index contributed by atoms with van der Waals surface area (Å²) in [5.41, 5.74) is 5.25. The topological polar surface area (TPSA) is 77.2 Å². The lowest BCUT2D eigenvalue weighted by atomic mass is 9.96. The van der Waals surface area contributed by atoms with Gasteiger partial charge in [0.05, 0.1) is 19.3 Å². The minimum atomic E-state index is 0.0751. The van der Waals surface area contributed by atoms with Gasteiger partial charge in [-0.15, -0.1) is 0 Å². The Kier molecular flexibility index (Phi) is 6.43. The number of carbonyl (C=O) groups is 1. The van der Waals surface area contributed by atoms with Gasteiger partial charge < -0.3 is 24.4 Å². The van der Waals surface area contributed by atoms with Gasteiger partial charge in [-0.05, 0) is 50.4 Å². The van der Waals surface area contributed by atoms with Crippen LogP contribution in [0, 0.1) is 32.6 Å². The van der Waals surface area contributed by atoms with Crippen molar-refractivity contribution in [3.05, 3.63) is 34.6 Å². The van der Waals surface area contributed by atoms with Gasteiger partial charge in [-0.25, -0.2) is 0 Å². The number of benzene rings is 1. The highest BCUT2D eigenvalue weighted by atomic mass is 16.3. The Morgan fingerprint density at radius 1 is 1.21 bits per heavy atom. The maximum atomic E-state index is 13.0. The molecule has 2 aromatic rings. The smallest absolute Gasteiger partial charge is 0.227 e. The number of hydrogen-bond donors (Lipinski definition) is 2. The molecule has 1 amide bonds. The molecule has 1 aliphatic heterocycles. The summed E-state index contributed by atoms with van der Waals surface area (Å²) in [5, 5.41) is 19.9. The summed E-state index contributed by atoms with van der Waals surface area (Å²) in [5.74, 6) is 0.377. The summed E-state index contributed by atoms with van der Waals surface area (Å²) in [6.45, 7) is 8.96. The molecule has 2 unspecified atom stereocenters. The van der Waals surface area contributed by atoms with Gasteiger partial charge in [0, 0.05) is 49.7 Å². The highest BCUT2D eigenvalue weighted by Gasteiger charge is 2.35. The van der Waals surface area contributed by atoms with Crippen LogP contribution in [0.4, 0.5) is 0 Å². The van der Waals surface area contributed by atoms with Crippen LogP contribution in [0.1, 0.15) is 22.3 Å². The van der Waals surface area contributed by atoms with Crippen LogP contribution in [-0.4, -0.2) is 72.4 Å². The predicted octanol–water partition coefficient (Wildman–Crippen LogP) is 1.89. The fourth-order valence-electron chi connectivity index (χ4n) is 4.41. The van der Waals surface area contributed by atoms with Gasteiger partial charge in [-0.2, -0.15) is 0 Å². The average Bonchev–Trinajstić information content (AvgIpc) is 3.24. The minimum absolute atomic E-state index is 0.0751. The quantitative estimate of drug-likeness (QED) is 0.758. The Morgan fingerprint density at radius 2 is 1.93 bits per heavy atom. The van der Waals surface area contributed by atoms with Crippen LogP contribution in [0.5, 0.6) is 0 Å². The first kappa shape index (κ1) is 20.8. The summed E-state index contributed by atoms with van der Waals surface area (Å²) in [6.07, 6.45) is 2.03. The number of aliphatic hydroxyl groups excluding tert-OH is 2. The van der Waals surface area contributed by atoms with E-state index in [4.69, 9.17) is 9.52 Å². The molecular formula is C22H32N2O4. The molecule has 1 fully saturated rings. The zero-order valence-corrected chi connectivity index (χ0v) is 17.4. The Bertz CT molecular complexity index is 845. The summed E-state index contributed by atoms with van der Waals surface area (Å²) in [4.78, 5) is 16.9. The number of carbonyl (C=O) groups excluding carboxylic acids is 1. The lowest BCUT2D eigenvalue weighted by Gasteiger charge is -2.23. The summed E-state index contributed by atoms with van der Waals surface area (Å²) < 4.78 is 5.81. The van der Waals surface area contributed by atoms with Gasteiger partial charge in [0.2, 0.25) is 5.91 Å². The average molecular weight is 389 g/mol. The van der Waals surface area contributed by atoms with Crippen molar-refractivity contribution >= 4 is 16.9 Å². The van der Waals surface area contributed by atoms with Crippen LogP contribution in [-0.2, 0) is 11.2 Å². The standard InChI is InChI=1S/C22H32N2O4/c1-14-7-15(2)21-17(13-28-22(21)16(14)3)8-20(27)24-10-18(19(11-24)12-26)9-23(4)5-6-25/h7,13,18-19,25-26H,5-6,8-12H2,1-4H3. The number of likely N-dealkylation sites (N-methyl/N-ethyl adjacent to an activating group) is 1. The fourth-order valence-corrected chi connectivity index (χ4v) is 4.41. The highest BCUT2D eigenvalue weighted by molar-refractivity contribution is 5.92. The van der Waals surface area contributed by atoms with Crippen LogP contribution in [0.2, 0.25) is 0 Å². The molecule has 1 saturated heterocycles. The molecule has 0 aliphatic carbocycles. The van der Waals surface area contributed by atoms with Crippen molar-refractivity contribution < 1.29 is 19.4 Å². The molecule has 3 rings (SSSR count). The van der Waals surface area contributed by atoms with Crippen molar-refractivity contribution in [2.45, 2.75) is 27.2 Å². The van der Waals surface area contributed by atoms with Gasteiger partial charge in [0.15, 0.2) is 0 Å². The number of hydrogen-bond acceptors (Lipinski definition) is 5. The van der Waals surface area contributed by atoms with Gasteiger partial charge >= 0.3 is 0 Å². The highest BCUT2D eigenvalue weighted by Crippen LogP contribution is 2.31. The molecule has 0 bridgehead atoms. The van der Waals surface area contributed by atoms with Crippen LogP contribution in [0.25, 0.3) is 11.0 Å². The summed E-state index contributed by atoms with van der Waals surface area (Å²) >= 11 is 0. The maximum absolute atomic E-state index is 13.0. The van der Waals surface area contributed by atoms with Crippen LogP contribution in [0.15, 0.2) is 16.7 Å². The van der Waals surface area contributed by atoms with Gasteiger partial charge in [-0.1, -0.05) is 6.07 Å².